The number of carbonyl (C=O) groups excluding carboxylic acids is 8. The van der Waals surface area contributed by atoms with Crippen LogP contribution in [0.1, 0.15) is 84.6 Å². The molecule has 97 heavy (non-hydrogen) atoms. The molecule has 11 rings (SSSR count). The summed E-state index contributed by atoms with van der Waals surface area (Å²) in [7, 11) is 0. The van der Waals surface area contributed by atoms with Gasteiger partial charge in [-0.3, -0.25) is 38.4 Å². The zero-order valence-electron chi connectivity index (χ0n) is 54.0. The van der Waals surface area contributed by atoms with E-state index in [1.807, 2.05) is 121 Å². The van der Waals surface area contributed by atoms with Crippen molar-refractivity contribution in [2.45, 2.75) is 117 Å². The number of ether oxygens (including phenoxy) is 12. The van der Waals surface area contributed by atoms with Crippen molar-refractivity contribution in [3.8, 4) is 56.0 Å². The van der Waals surface area contributed by atoms with Crippen molar-refractivity contribution < 1.29 is 95.2 Å². The minimum Gasteiger partial charge on any atom is -0.465 e. The number of carbonyl (C=O) groups is 8. The Kier molecular flexibility index (Phi) is 20.2. The number of aromatic amines is 2. The number of nitrogens with zero attached hydrogens (tertiary/aromatic N) is 2. The average Bonchev–Trinajstić information content (AvgIpc) is 1.73. The second-order valence-electron chi connectivity index (χ2n) is 23.2. The van der Waals surface area contributed by atoms with Crippen LogP contribution in [-0.2, 0) is 85.7 Å². The molecule has 0 amide bonds. The van der Waals surface area contributed by atoms with E-state index in [-0.39, 0.29) is 17.9 Å². The third-order valence-corrected chi connectivity index (χ3v) is 15.9. The minimum atomic E-state index is -1.87. The number of rotatable bonds is 19. The highest BCUT2D eigenvalue weighted by molar-refractivity contribution is 6.00. The number of benzene rings is 4. The monoisotopic (exact) mass is 1320 g/mol. The predicted octanol–water partition coefficient (Wildman–Crippen LogP) is 10.6. The van der Waals surface area contributed by atoms with Gasteiger partial charge in [0.25, 0.3) is 0 Å². The third kappa shape index (κ3) is 15.6. The average molecular weight is 1320 g/mol. The van der Waals surface area contributed by atoms with Crippen LogP contribution in [-0.4, -0.2) is 142 Å². The molecule has 7 aromatic rings. The molecule has 0 radical (unpaired) electrons. The Morgan fingerprint density at radius 1 is 0.423 bits per heavy atom. The molecule has 2 N–H and O–H groups in total. The largest absolute Gasteiger partial charge is 0.465 e. The summed E-state index contributed by atoms with van der Waals surface area (Å²) in [4.78, 5) is 119. The lowest BCUT2D eigenvalue weighted by molar-refractivity contribution is -0.288. The van der Waals surface area contributed by atoms with Gasteiger partial charge in [0, 0.05) is 99.7 Å². The fourth-order valence-corrected chi connectivity index (χ4v) is 12.2. The van der Waals surface area contributed by atoms with E-state index in [2.05, 4.69) is 9.97 Å². The zero-order chi connectivity index (χ0) is 68.7. The number of fused-ring (bicyclic) bond motifs is 8. The molecule has 0 aliphatic carbocycles. The summed E-state index contributed by atoms with van der Waals surface area (Å²) >= 11 is 0. The van der Waals surface area contributed by atoms with Gasteiger partial charge in [0.2, 0.25) is 18.7 Å². The highest BCUT2D eigenvalue weighted by Crippen LogP contribution is 2.42. The first-order valence-corrected chi connectivity index (χ1v) is 31.0. The van der Waals surface area contributed by atoms with Gasteiger partial charge >= 0.3 is 47.8 Å². The van der Waals surface area contributed by atoms with E-state index < -0.39 is 122 Å². The van der Waals surface area contributed by atoms with Gasteiger partial charge in [0.1, 0.15) is 43.5 Å². The summed E-state index contributed by atoms with van der Waals surface area (Å²) in [5, 5.41) is 0. The van der Waals surface area contributed by atoms with Crippen LogP contribution in [0.4, 0.5) is 0 Å². The van der Waals surface area contributed by atoms with E-state index in [9.17, 15) is 38.4 Å². The molecule has 6 unspecified atom stereocenters. The number of hydrogen-bond acceptors (Lipinski definition) is 22. The van der Waals surface area contributed by atoms with Crippen molar-refractivity contribution in [2.24, 2.45) is 0 Å². The Balaban J connectivity index is 1.08. The Morgan fingerprint density at radius 3 is 1.28 bits per heavy atom. The molecule has 9 atom stereocenters. The van der Waals surface area contributed by atoms with Crippen molar-refractivity contribution in [3.05, 3.63) is 156 Å². The summed E-state index contributed by atoms with van der Waals surface area (Å²) in [5.74, 6) is -5.52. The number of nitrogens with one attached hydrogen (secondary N) is 2. The quantitative estimate of drug-likeness (QED) is 0.0561. The number of H-pyrrole nitrogens is 2. The van der Waals surface area contributed by atoms with Crippen molar-refractivity contribution in [3.63, 3.8) is 0 Å². The molecular formula is C73H68N4O20. The Labute approximate surface area is 555 Å². The molecule has 3 aromatic heterocycles. The SMILES string of the molecule is CC(=O)OCC1O[C@@H](Oc2cccc(-c3c4nc(c(-c5ccccc5)c5ccc([nH]5)c(-c5cccc(OC6CC(COC(C)=O)(OC(C)=O)C(OC(C)=O)[C@@H](COC(C)=O)O6)c5)c5nc(c(-c6ccccc6)c6ccc3[nH]6)C=C5)C=C4)c2)C(OC(C)=O)C(OC(C)=O)[C@@H]1OC(C)=O. The maximum Gasteiger partial charge on any atom is 0.303 e. The first kappa shape index (κ1) is 67.2. The lowest BCUT2D eigenvalue weighted by Gasteiger charge is -2.47. The van der Waals surface area contributed by atoms with Crippen molar-refractivity contribution in [2.75, 3.05) is 19.8 Å². The first-order chi connectivity index (χ1) is 46.6. The van der Waals surface area contributed by atoms with Crippen LogP contribution in [0.3, 0.4) is 0 Å². The predicted molar refractivity (Wildman–Crippen MR) is 350 cm³/mol. The maximum absolute atomic E-state index is 12.9. The highest BCUT2D eigenvalue weighted by atomic mass is 16.7. The van der Waals surface area contributed by atoms with Crippen molar-refractivity contribution in [1.82, 2.24) is 19.9 Å². The van der Waals surface area contributed by atoms with E-state index >= 15 is 0 Å². The number of esters is 8. The van der Waals surface area contributed by atoms with E-state index in [0.717, 1.165) is 56.9 Å². The van der Waals surface area contributed by atoms with Crippen molar-refractivity contribution >= 4 is 94.1 Å². The smallest absolute Gasteiger partial charge is 0.303 e. The van der Waals surface area contributed by atoms with Crippen LogP contribution in [0.15, 0.2) is 133 Å². The van der Waals surface area contributed by atoms with Gasteiger partial charge in [-0.2, -0.15) is 0 Å². The lowest BCUT2D eigenvalue weighted by Crippen LogP contribution is -2.64. The third-order valence-electron chi connectivity index (χ3n) is 15.9. The topological polar surface area (TPSA) is 305 Å². The summed E-state index contributed by atoms with van der Waals surface area (Å²) < 4.78 is 70.8. The minimum absolute atomic E-state index is 0.195. The molecule has 4 aliphatic heterocycles. The van der Waals surface area contributed by atoms with E-state index in [4.69, 9.17) is 66.8 Å². The number of aromatic nitrogens is 4. The van der Waals surface area contributed by atoms with E-state index in [1.165, 1.54) is 20.8 Å². The van der Waals surface area contributed by atoms with Gasteiger partial charge in [0.15, 0.2) is 23.9 Å². The van der Waals surface area contributed by atoms with Gasteiger partial charge in [-0.15, -0.1) is 0 Å². The second-order valence-corrected chi connectivity index (χ2v) is 23.2. The molecule has 0 spiro atoms. The van der Waals surface area contributed by atoms with Crippen LogP contribution < -0.4 is 9.47 Å². The maximum atomic E-state index is 12.9. The van der Waals surface area contributed by atoms with E-state index in [1.54, 1.807) is 36.4 Å². The second kappa shape index (κ2) is 29.2. The number of hydrogen-bond donors (Lipinski definition) is 2. The summed E-state index contributed by atoms with van der Waals surface area (Å²) in [6, 6.07) is 41.5. The van der Waals surface area contributed by atoms with Crippen LogP contribution in [0.25, 0.3) is 90.9 Å². The molecule has 24 heteroatoms. The molecule has 0 saturated carbocycles. The Hall–Kier alpha value is -11.2. The molecular weight excluding hydrogens is 1250 g/mol. The van der Waals surface area contributed by atoms with Gasteiger partial charge in [-0.1, -0.05) is 84.9 Å². The fraction of sp³-hybridized carbons (Fsp3) is 0.288. The van der Waals surface area contributed by atoms with Gasteiger partial charge in [-0.25, -0.2) is 9.97 Å². The fourth-order valence-electron chi connectivity index (χ4n) is 12.2. The molecule has 7 heterocycles. The Morgan fingerprint density at radius 2 is 0.835 bits per heavy atom. The van der Waals surface area contributed by atoms with Crippen LogP contribution >= 0.6 is 0 Å². The standard InChI is InChI=1S/C73H68N4O20/c1-39(78)86-36-61-68(89-42(4)81)69(90-43(5)82)70(91-44(6)83)72(96-61)94-52-24-16-22-50(34-52)67-59-31-27-55(76-59)64(47-17-11-9-12-18-47)53-25-29-57(74-53)66(58-30-26-54(75-58)65(48-19-13-10-14-20-48)56-28-32-60(67)77-56)49-21-15-23-51(33-49)93-63-35-73(97-46(8)85,38-88-41(3)80)71(92-45(7)84)62(95-63)37-87-40(2)79/h9-34,61-63,68-72,74,77H,35-38H2,1-8H3/t61?,62-,63?,68-,69?,70?,71?,72-,73?/m1/s1. The Bertz CT molecular complexity index is 4410. The van der Waals surface area contributed by atoms with Crippen LogP contribution in [0, 0.1) is 0 Å². The van der Waals surface area contributed by atoms with Gasteiger partial charge < -0.3 is 66.8 Å². The summed E-state index contributed by atoms with van der Waals surface area (Å²) in [6.07, 6.45) is -3.77. The lowest BCUT2D eigenvalue weighted by atomic mass is 9.86. The summed E-state index contributed by atoms with van der Waals surface area (Å²) in [6.45, 7) is 7.80. The van der Waals surface area contributed by atoms with Gasteiger partial charge in [0.05, 0.1) is 29.2 Å². The van der Waals surface area contributed by atoms with Gasteiger partial charge in [-0.05, 0) is 95.1 Å². The van der Waals surface area contributed by atoms with Crippen LogP contribution in [0.5, 0.6) is 11.5 Å². The molecule has 24 nitrogen and oxygen atoms in total. The zero-order valence-corrected chi connectivity index (χ0v) is 54.0. The normalized spacial score (nSPS) is 20.9. The van der Waals surface area contributed by atoms with Crippen molar-refractivity contribution in [1.29, 1.82) is 0 Å². The van der Waals surface area contributed by atoms with E-state index in [0.29, 0.717) is 67.1 Å². The molecule has 2 fully saturated rings. The highest BCUT2D eigenvalue weighted by Gasteiger charge is 2.57. The first-order valence-electron chi connectivity index (χ1n) is 31.0. The molecule has 500 valence electrons. The summed E-state index contributed by atoms with van der Waals surface area (Å²) in [5.41, 5.74) is 8.66. The molecule has 4 aromatic carbocycles. The molecule has 4 aliphatic rings. The van der Waals surface area contributed by atoms with Crippen LogP contribution in [0.2, 0.25) is 0 Å². The molecule has 2 saturated heterocycles. The molecule has 8 bridgehead atoms.